The van der Waals surface area contributed by atoms with E-state index in [0.717, 1.165) is 14.9 Å². The van der Waals surface area contributed by atoms with Crippen LogP contribution in [0.2, 0.25) is 0 Å². The maximum absolute atomic E-state index is 10.6. The largest absolute Gasteiger partial charge is 0.477 e. The monoisotopic (exact) mass is 260 g/mol. The molecule has 0 bridgehead atoms. The first-order valence-corrected chi connectivity index (χ1v) is 5.29. The van der Waals surface area contributed by atoms with Crippen molar-refractivity contribution in [3.63, 3.8) is 0 Å². The lowest BCUT2D eigenvalue weighted by Gasteiger charge is -1.88. The van der Waals surface area contributed by atoms with Gasteiger partial charge in [0.2, 0.25) is 0 Å². The lowest BCUT2D eigenvalue weighted by Crippen LogP contribution is -1.89. The third-order valence-corrected chi connectivity index (χ3v) is 2.90. The van der Waals surface area contributed by atoms with Crippen LogP contribution in [0.25, 0.3) is 6.08 Å². The zero-order valence-electron chi connectivity index (χ0n) is 7.30. The molecule has 0 aliphatic carbocycles. The van der Waals surface area contributed by atoms with E-state index in [0.29, 0.717) is 4.88 Å². The number of carbonyl (C=O) groups is 1. The van der Waals surface area contributed by atoms with E-state index in [2.05, 4.69) is 15.9 Å². The molecule has 4 heteroatoms. The van der Waals surface area contributed by atoms with Gasteiger partial charge in [-0.15, -0.1) is 11.3 Å². The number of carboxylic acids is 1. The van der Waals surface area contributed by atoms with Gasteiger partial charge < -0.3 is 5.11 Å². The minimum absolute atomic E-state index is 0.387. The van der Waals surface area contributed by atoms with Crippen molar-refractivity contribution in [2.45, 2.75) is 13.8 Å². The Hall–Kier alpha value is -0.610. The number of rotatable bonds is 2. The maximum Gasteiger partial charge on any atom is 0.345 e. The van der Waals surface area contributed by atoms with Crippen molar-refractivity contribution in [1.82, 2.24) is 0 Å². The molecule has 1 aromatic heterocycles. The summed E-state index contributed by atoms with van der Waals surface area (Å²) in [4.78, 5) is 12.0. The molecule has 2 nitrogen and oxygen atoms in total. The summed E-state index contributed by atoms with van der Waals surface area (Å²) in [6, 6.07) is 1.69. The minimum atomic E-state index is -0.861. The first-order valence-electron chi connectivity index (χ1n) is 3.68. The number of carboxylic acid groups (broad SMARTS) is 1. The second kappa shape index (κ2) is 4.07. The van der Waals surface area contributed by atoms with Crippen LogP contribution in [0.3, 0.4) is 0 Å². The summed E-state index contributed by atoms with van der Waals surface area (Å²) < 4.78 is 0.995. The number of aryl methyl sites for hydroxylation is 1. The smallest absolute Gasteiger partial charge is 0.345 e. The molecule has 0 radical (unpaired) electrons. The highest BCUT2D eigenvalue weighted by atomic mass is 79.9. The van der Waals surface area contributed by atoms with Crippen molar-refractivity contribution >= 4 is 39.3 Å². The summed E-state index contributed by atoms with van der Waals surface area (Å²) in [5.41, 5.74) is 1.00. The van der Waals surface area contributed by atoms with E-state index in [9.17, 15) is 4.79 Å². The molecule has 0 amide bonds. The molecule has 1 rings (SSSR count). The summed E-state index contributed by atoms with van der Waals surface area (Å²) in [7, 11) is 0. The number of allylic oxidation sites excluding steroid dienone is 1. The van der Waals surface area contributed by atoms with Crippen LogP contribution < -0.4 is 0 Å². The lowest BCUT2D eigenvalue weighted by atomic mass is 10.2. The van der Waals surface area contributed by atoms with Crippen molar-refractivity contribution in [3.05, 3.63) is 25.9 Å². The van der Waals surface area contributed by atoms with Gasteiger partial charge in [0.05, 0.1) is 0 Å². The van der Waals surface area contributed by atoms with Gasteiger partial charge in [0.1, 0.15) is 4.88 Å². The SMILES string of the molecule is C/C(Br)=C\c1sc(C(=O)O)cc1C. The van der Waals surface area contributed by atoms with Crippen LogP contribution in [0.4, 0.5) is 0 Å². The fourth-order valence-corrected chi connectivity index (χ4v) is 2.32. The van der Waals surface area contributed by atoms with Gasteiger partial charge in [-0.2, -0.15) is 0 Å². The van der Waals surface area contributed by atoms with Gasteiger partial charge in [-0.3, -0.25) is 0 Å². The van der Waals surface area contributed by atoms with E-state index < -0.39 is 5.97 Å². The topological polar surface area (TPSA) is 37.3 Å². The van der Waals surface area contributed by atoms with Crippen LogP contribution in [0.1, 0.15) is 27.0 Å². The number of halogens is 1. The van der Waals surface area contributed by atoms with Crippen molar-refractivity contribution in [2.24, 2.45) is 0 Å². The Labute approximate surface area is 89.0 Å². The van der Waals surface area contributed by atoms with Gasteiger partial charge >= 0.3 is 5.97 Å². The molecule has 0 aliphatic heterocycles. The first kappa shape index (κ1) is 10.5. The van der Waals surface area contributed by atoms with Crippen molar-refractivity contribution in [2.75, 3.05) is 0 Å². The molecular formula is C9H9BrO2S. The summed E-state index contributed by atoms with van der Waals surface area (Å²) in [6.07, 6.45) is 1.92. The molecule has 1 aromatic rings. The molecule has 0 aromatic carbocycles. The molecule has 70 valence electrons. The second-order valence-corrected chi connectivity index (χ2v) is 5.03. The molecule has 0 unspecified atom stereocenters. The number of hydrogen-bond donors (Lipinski definition) is 1. The van der Waals surface area contributed by atoms with E-state index in [1.165, 1.54) is 11.3 Å². The molecule has 1 N–H and O–H groups in total. The molecule has 0 fully saturated rings. The van der Waals surface area contributed by atoms with Gasteiger partial charge in [-0.05, 0) is 36.0 Å². The summed E-state index contributed by atoms with van der Waals surface area (Å²) in [5, 5.41) is 8.73. The highest BCUT2D eigenvalue weighted by molar-refractivity contribution is 9.11. The van der Waals surface area contributed by atoms with Crippen LogP contribution in [-0.4, -0.2) is 11.1 Å². The third kappa shape index (κ3) is 2.67. The first-order chi connectivity index (χ1) is 6.00. The van der Waals surface area contributed by atoms with Crippen LogP contribution in [0.15, 0.2) is 10.5 Å². The fourth-order valence-electron chi connectivity index (χ4n) is 0.926. The standard InChI is InChI=1S/C9H9BrO2S/c1-5-3-8(9(11)12)13-7(5)4-6(2)10/h3-4H,1-2H3,(H,11,12)/b6-4+. The van der Waals surface area contributed by atoms with Crippen LogP contribution in [0.5, 0.6) is 0 Å². The zero-order chi connectivity index (χ0) is 10.0. The fraction of sp³-hybridized carbons (Fsp3) is 0.222. The maximum atomic E-state index is 10.6. The quantitative estimate of drug-likeness (QED) is 0.884. The molecule has 0 saturated heterocycles. The normalized spacial score (nSPS) is 11.8. The van der Waals surface area contributed by atoms with E-state index in [4.69, 9.17) is 5.11 Å². The summed E-state index contributed by atoms with van der Waals surface area (Å²) in [6.45, 7) is 3.82. The average Bonchev–Trinajstić information content (AvgIpc) is 2.31. The summed E-state index contributed by atoms with van der Waals surface area (Å²) in [5.74, 6) is -0.861. The molecule has 0 aliphatic rings. The zero-order valence-corrected chi connectivity index (χ0v) is 9.70. The predicted molar refractivity (Wildman–Crippen MR) is 58.6 cm³/mol. The molecule has 0 spiro atoms. The third-order valence-electron chi connectivity index (χ3n) is 1.50. The van der Waals surface area contributed by atoms with Crippen molar-refractivity contribution < 1.29 is 9.90 Å². The van der Waals surface area contributed by atoms with Gasteiger partial charge in [0, 0.05) is 4.88 Å². The number of hydrogen-bond acceptors (Lipinski definition) is 2. The van der Waals surface area contributed by atoms with Crippen LogP contribution >= 0.6 is 27.3 Å². The van der Waals surface area contributed by atoms with Gasteiger partial charge in [0.25, 0.3) is 0 Å². The van der Waals surface area contributed by atoms with Gasteiger partial charge in [-0.25, -0.2) is 4.79 Å². The predicted octanol–water partition coefficient (Wildman–Crippen LogP) is 3.51. The molecule has 0 saturated carbocycles. The lowest BCUT2D eigenvalue weighted by molar-refractivity contribution is 0.0702. The Morgan fingerprint density at radius 1 is 1.69 bits per heavy atom. The highest BCUT2D eigenvalue weighted by Crippen LogP contribution is 2.25. The van der Waals surface area contributed by atoms with Gasteiger partial charge in [-0.1, -0.05) is 15.9 Å². The Morgan fingerprint density at radius 3 is 2.69 bits per heavy atom. The molecule has 0 atom stereocenters. The number of aromatic carboxylic acids is 1. The van der Waals surface area contributed by atoms with Gasteiger partial charge in [0.15, 0.2) is 0 Å². The Balaban J connectivity index is 3.10. The van der Waals surface area contributed by atoms with E-state index in [1.807, 2.05) is 19.9 Å². The second-order valence-electron chi connectivity index (χ2n) is 2.69. The minimum Gasteiger partial charge on any atom is -0.477 e. The van der Waals surface area contributed by atoms with E-state index >= 15 is 0 Å². The number of thiophene rings is 1. The highest BCUT2D eigenvalue weighted by Gasteiger charge is 2.08. The molecular weight excluding hydrogens is 252 g/mol. The Bertz CT molecular complexity index is 362. The van der Waals surface area contributed by atoms with Crippen molar-refractivity contribution in [3.8, 4) is 0 Å². The molecule has 1 heterocycles. The van der Waals surface area contributed by atoms with Crippen LogP contribution in [0, 0.1) is 6.92 Å². The summed E-state index contributed by atoms with van der Waals surface area (Å²) >= 11 is 4.60. The van der Waals surface area contributed by atoms with E-state index in [1.54, 1.807) is 6.07 Å². The Morgan fingerprint density at radius 2 is 2.31 bits per heavy atom. The Kier molecular flexibility index (Phi) is 3.27. The van der Waals surface area contributed by atoms with Crippen molar-refractivity contribution in [1.29, 1.82) is 0 Å². The van der Waals surface area contributed by atoms with Crippen LogP contribution in [-0.2, 0) is 0 Å². The average molecular weight is 261 g/mol. The molecule has 13 heavy (non-hydrogen) atoms. The van der Waals surface area contributed by atoms with E-state index in [-0.39, 0.29) is 0 Å².